The topological polar surface area (TPSA) is 79.0 Å². The van der Waals surface area contributed by atoms with E-state index in [0.29, 0.717) is 29.2 Å². The lowest BCUT2D eigenvalue weighted by Crippen LogP contribution is -2.54. The minimum atomic E-state index is -1.38. The van der Waals surface area contributed by atoms with Gasteiger partial charge >= 0.3 is 0 Å². The highest BCUT2D eigenvalue weighted by Crippen LogP contribution is 2.62. The molecule has 34 heavy (non-hydrogen) atoms. The number of benzene rings is 2. The van der Waals surface area contributed by atoms with Gasteiger partial charge in [-0.15, -0.1) is 0 Å². The van der Waals surface area contributed by atoms with Crippen molar-refractivity contribution in [3.8, 4) is 5.75 Å². The molecule has 176 valence electrons. The zero-order valence-electron chi connectivity index (χ0n) is 17.7. The Bertz CT molecular complexity index is 1290. The van der Waals surface area contributed by atoms with Crippen LogP contribution in [0.4, 0.5) is 11.4 Å². The number of rotatable bonds is 2. The summed E-state index contributed by atoms with van der Waals surface area (Å²) in [6.07, 6.45) is 1.49. The summed E-state index contributed by atoms with van der Waals surface area (Å²) in [5.41, 5.74) is -0.181. The van der Waals surface area contributed by atoms with E-state index in [1.165, 1.54) is 19.2 Å². The number of carbonyl (C=O) groups is 3. The Kier molecular flexibility index (Phi) is 4.94. The molecule has 0 saturated carbocycles. The predicted octanol–water partition coefficient (Wildman–Crippen LogP) is 4.74. The molecule has 1 spiro atoms. The van der Waals surface area contributed by atoms with Gasteiger partial charge in [0.05, 0.1) is 45.4 Å². The van der Waals surface area contributed by atoms with Gasteiger partial charge in [-0.1, -0.05) is 46.4 Å². The Morgan fingerprint density at radius 2 is 1.71 bits per heavy atom. The highest BCUT2D eigenvalue weighted by atomic mass is 35.5. The summed E-state index contributed by atoms with van der Waals surface area (Å²) >= 11 is 25.4. The van der Waals surface area contributed by atoms with Gasteiger partial charge in [-0.2, -0.15) is 0 Å². The normalized spacial score (nSPS) is 29.6. The number of ether oxygens (including phenoxy) is 1. The average Bonchev–Trinajstić information content (AvgIpc) is 3.47. The minimum absolute atomic E-state index is 0.169. The van der Waals surface area contributed by atoms with Crippen LogP contribution >= 0.6 is 46.4 Å². The monoisotopic (exact) mass is 539 g/mol. The van der Waals surface area contributed by atoms with Crippen molar-refractivity contribution < 1.29 is 19.1 Å². The van der Waals surface area contributed by atoms with Crippen molar-refractivity contribution in [3.63, 3.8) is 0 Å². The fourth-order valence-electron chi connectivity index (χ4n) is 6.35. The quantitative estimate of drug-likeness (QED) is 0.556. The van der Waals surface area contributed by atoms with Crippen LogP contribution in [0.3, 0.4) is 0 Å². The Morgan fingerprint density at radius 1 is 1.00 bits per heavy atom. The van der Waals surface area contributed by atoms with Crippen LogP contribution in [0.15, 0.2) is 24.3 Å². The molecule has 6 rings (SSSR count). The summed E-state index contributed by atoms with van der Waals surface area (Å²) in [5, 5.41) is 3.83. The van der Waals surface area contributed by atoms with Gasteiger partial charge in [0.25, 0.3) is 5.91 Å². The summed E-state index contributed by atoms with van der Waals surface area (Å²) in [5.74, 6) is -2.64. The van der Waals surface area contributed by atoms with Crippen LogP contribution in [-0.4, -0.2) is 42.3 Å². The van der Waals surface area contributed by atoms with E-state index in [4.69, 9.17) is 51.1 Å². The smallest absolute Gasteiger partial charge is 0.250 e. The lowest BCUT2D eigenvalue weighted by atomic mass is 9.75. The third kappa shape index (κ3) is 2.62. The standard InChI is InChI=1S/C23H17Cl4N3O4/c1-34-19-13(26)7-10(8-14(19)27)30-20(31)16-15-3-2-4-29(15)23(17(16)21(30)32)11-5-9(24)6-12(25)18(11)28-22(23)33/h5-8,15-17H,2-4H2,1H3,(H,28,33). The minimum Gasteiger partial charge on any atom is -0.494 e. The predicted molar refractivity (Wildman–Crippen MR) is 129 cm³/mol. The molecular formula is C23H17Cl4N3O4. The molecule has 11 heteroatoms. The summed E-state index contributed by atoms with van der Waals surface area (Å²) < 4.78 is 5.19. The SMILES string of the molecule is COc1c(Cl)cc(N2C(=O)C3C4CCCN4C4(C(=O)Nc5c(Cl)cc(Cl)cc54)C3C2=O)cc1Cl. The van der Waals surface area contributed by atoms with Gasteiger partial charge in [0.15, 0.2) is 5.75 Å². The largest absolute Gasteiger partial charge is 0.494 e. The number of hydrogen-bond donors (Lipinski definition) is 1. The number of methoxy groups -OCH3 is 1. The van der Waals surface area contributed by atoms with Gasteiger partial charge in [-0.25, -0.2) is 4.90 Å². The summed E-state index contributed by atoms with van der Waals surface area (Å²) in [4.78, 5) is 44.6. The van der Waals surface area contributed by atoms with Crippen molar-refractivity contribution >= 4 is 75.5 Å². The maximum absolute atomic E-state index is 14.0. The second kappa shape index (κ2) is 7.48. The zero-order chi connectivity index (χ0) is 24.1. The molecule has 7 nitrogen and oxygen atoms in total. The van der Waals surface area contributed by atoms with Crippen molar-refractivity contribution in [1.82, 2.24) is 4.90 Å². The highest BCUT2D eigenvalue weighted by Gasteiger charge is 2.74. The summed E-state index contributed by atoms with van der Waals surface area (Å²) in [6, 6.07) is 5.88. The molecule has 3 saturated heterocycles. The van der Waals surface area contributed by atoms with Gasteiger partial charge in [0.1, 0.15) is 5.54 Å². The zero-order valence-corrected chi connectivity index (χ0v) is 20.7. The van der Waals surface area contributed by atoms with Crippen molar-refractivity contribution in [2.75, 3.05) is 23.9 Å². The molecule has 4 aliphatic rings. The number of imide groups is 1. The van der Waals surface area contributed by atoms with E-state index in [9.17, 15) is 14.4 Å². The van der Waals surface area contributed by atoms with Crippen molar-refractivity contribution in [2.45, 2.75) is 24.4 Å². The Hall–Kier alpha value is -2.03. The van der Waals surface area contributed by atoms with E-state index in [0.717, 1.165) is 11.3 Å². The average molecular weight is 541 g/mol. The Labute approximate surface area is 214 Å². The molecule has 1 N–H and O–H groups in total. The third-order valence-electron chi connectivity index (χ3n) is 7.46. The fourth-order valence-corrected chi connectivity index (χ4v) is 7.52. The Balaban J connectivity index is 1.55. The van der Waals surface area contributed by atoms with E-state index < -0.39 is 23.3 Å². The van der Waals surface area contributed by atoms with Crippen molar-refractivity contribution in [2.24, 2.45) is 11.8 Å². The molecule has 0 bridgehead atoms. The molecule has 2 aromatic rings. The van der Waals surface area contributed by atoms with Crippen LogP contribution in [0.5, 0.6) is 5.75 Å². The number of anilines is 2. The van der Waals surface area contributed by atoms with E-state index in [1.54, 1.807) is 12.1 Å². The number of fused-ring (bicyclic) bond motifs is 7. The van der Waals surface area contributed by atoms with Crippen LogP contribution in [0, 0.1) is 11.8 Å². The van der Waals surface area contributed by atoms with Gasteiger partial charge in [-0.3, -0.25) is 19.3 Å². The second-order valence-corrected chi connectivity index (χ2v) is 10.5. The Morgan fingerprint density at radius 3 is 2.38 bits per heavy atom. The van der Waals surface area contributed by atoms with Gasteiger partial charge < -0.3 is 10.1 Å². The van der Waals surface area contributed by atoms with Crippen LogP contribution in [0.2, 0.25) is 20.1 Å². The first-order valence-corrected chi connectivity index (χ1v) is 12.2. The fraction of sp³-hybridized carbons (Fsp3) is 0.348. The maximum atomic E-state index is 14.0. The number of nitrogens with zero attached hydrogens (tertiary/aromatic N) is 2. The van der Waals surface area contributed by atoms with Crippen LogP contribution in [-0.2, 0) is 19.9 Å². The summed E-state index contributed by atoms with van der Waals surface area (Å²) in [6.45, 7) is 0.579. The van der Waals surface area contributed by atoms with Crippen LogP contribution < -0.4 is 15.0 Å². The molecule has 0 aliphatic carbocycles. The molecule has 4 atom stereocenters. The van der Waals surface area contributed by atoms with E-state index >= 15 is 0 Å². The molecule has 4 unspecified atom stereocenters. The number of nitrogens with one attached hydrogen (secondary N) is 1. The molecule has 4 heterocycles. The number of halogens is 4. The van der Waals surface area contributed by atoms with Crippen molar-refractivity contribution in [3.05, 3.63) is 49.9 Å². The molecule has 0 aromatic heterocycles. The first-order chi connectivity index (χ1) is 16.2. The third-order valence-corrected chi connectivity index (χ3v) is 8.54. The molecule has 2 aromatic carbocycles. The van der Waals surface area contributed by atoms with Gasteiger partial charge in [0.2, 0.25) is 11.8 Å². The number of carbonyl (C=O) groups excluding carboxylic acids is 3. The highest BCUT2D eigenvalue weighted by molar-refractivity contribution is 6.39. The molecule has 4 aliphatic heterocycles. The molecule has 0 radical (unpaired) electrons. The van der Waals surface area contributed by atoms with Gasteiger partial charge in [0, 0.05) is 16.6 Å². The second-order valence-electron chi connectivity index (χ2n) is 8.89. The van der Waals surface area contributed by atoms with E-state index in [1.807, 2.05) is 4.90 Å². The van der Waals surface area contributed by atoms with Crippen LogP contribution in [0.1, 0.15) is 18.4 Å². The summed E-state index contributed by atoms with van der Waals surface area (Å²) in [7, 11) is 1.42. The first kappa shape index (κ1) is 22.4. The number of hydrogen-bond acceptors (Lipinski definition) is 5. The van der Waals surface area contributed by atoms with Crippen LogP contribution in [0.25, 0.3) is 0 Å². The van der Waals surface area contributed by atoms with Gasteiger partial charge in [-0.05, 0) is 43.7 Å². The van der Waals surface area contributed by atoms with E-state index in [-0.39, 0.29) is 44.4 Å². The lowest BCUT2D eigenvalue weighted by Gasteiger charge is -2.36. The van der Waals surface area contributed by atoms with Crippen molar-refractivity contribution in [1.29, 1.82) is 0 Å². The first-order valence-electron chi connectivity index (χ1n) is 10.7. The molecule has 3 amide bonds. The number of amides is 3. The molecular weight excluding hydrogens is 524 g/mol. The van der Waals surface area contributed by atoms with E-state index in [2.05, 4.69) is 5.32 Å². The lowest BCUT2D eigenvalue weighted by molar-refractivity contribution is -0.135. The molecule has 3 fully saturated rings. The maximum Gasteiger partial charge on any atom is 0.250 e.